The quantitative estimate of drug-likeness (QED) is 0.646. The molecule has 2 heteroatoms. The highest BCUT2D eigenvalue weighted by atomic mass is 16.5. The highest BCUT2D eigenvalue weighted by Crippen LogP contribution is 2.28. The standard InChI is InChI=1S/C10H22O2/c1-10(2,3)9(8-11)6-5-7-12-4/h9,11H,5-8H2,1-4H3. The molecule has 0 radical (unpaired) electrons. The highest BCUT2D eigenvalue weighted by Gasteiger charge is 2.22. The van der Waals surface area contributed by atoms with Gasteiger partial charge in [0.05, 0.1) is 0 Å². The maximum absolute atomic E-state index is 9.12. The zero-order valence-electron chi connectivity index (χ0n) is 8.76. The minimum absolute atomic E-state index is 0.211. The summed E-state index contributed by atoms with van der Waals surface area (Å²) in [4.78, 5) is 0. The summed E-state index contributed by atoms with van der Waals surface area (Å²) in [5.41, 5.74) is 0.211. The number of methoxy groups -OCH3 is 1. The molecule has 0 aromatic carbocycles. The van der Waals surface area contributed by atoms with Crippen molar-refractivity contribution in [2.75, 3.05) is 20.3 Å². The first-order valence-corrected chi connectivity index (χ1v) is 4.62. The van der Waals surface area contributed by atoms with Gasteiger partial charge in [0.15, 0.2) is 0 Å². The summed E-state index contributed by atoms with van der Waals surface area (Å²) in [5.74, 6) is 0.396. The van der Waals surface area contributed by atoms with Crippen molar-refractivity contribution >= 4 is 0 Å². The van der Waals surface area contributed by atoms with E-state index in [0.717, 1.165) is 19.4 Å². The fourth-order valence-electron chi connectivity index (χ4n) is 1.27. The van der Waals surface area contributed by atoms with Gasteiger partial charge < -0.3 is 9.84 Å². The molecule has 1 N–H and O–H groups in total. The molecule has 0 aliphatic carbocycles. The smallest absolute Gasteiger partial charge is 0.0464 e. The molecule has 0 amide bonds. The Morgan fingerprint density at radius 2 is 1.92 bits per heavy atom. The van der Waals surface area contributed by atoms with Crippen LogP contribution in [0.4, 0.5) is 0 Å². The average molecular weight is 174 g/mol. The number of ether oxygens (including phenoxy) is 1. The van der Waals surface area contributed by atoms with Crippen LogP contribution in [0.2, 0.25) is 0 Å². The normalized spacial score (nSPS) is 14.8. The predicted molar refractivity (Wildman–Crippen MR) is 51.1 cm³/mol. The lowest BCUT2D eigenvalue weighted by Gasteiger charge is -2.28. The summed E-state index contributed by atoms with van der Waals surface area (Å²) >= 11 is 0. The first-order chi connectivity index (χ1) is 5.52. The number of hydrogen-bond donors (Lipinski definition) is 1. The molecule has 12 heavy (non-hydrogen) atoms. The Kier molecular flexibility index (Phi) is 5.51. The molecule has 0 spiro atoms. The topological polar surface area (TPSA) is 29.5 Å². The van der Waals surface area contributed by atoms with Crippen LogP contribution in [0.1, 0.15) is 33.6 Å². The number of rotatable bonds is 5. The summed E-state index contributed by atoms with van der Waals surface area (Å²) in [6.45, 7) is 7.59. The molecular formula is C10H22O2. The van der Waals surface area contributed by atoms with Crippen LogP contribution in [0, 0.1) is 11.3 Å². The van der Waals surface area contributed by atoms with E-state index in [0.29, 0.717) is 5.92 Å². The van der Waals surface area contributed by atoms with Crippen LogP contribution in [0.3, 0.4) is 0 Å². The van der Waals surface area contributed by atoms with Crippen molar-refractivity contribution in [3.63, 3.8) is 0 Å². The Bertz CT molecular complexity index is 105. The van der Waals surface area contributed by atoms with Crippen molar-refractivity contribution in [1.82, 2.24) is 0 Å². The molecule has 0 fully saturated rings. The van der Waals surface area contributed by atoms with Crippen molar-refractivity contribution in [2.45, 2.75) is 33.6 Å². The van der Waals surface area contributed by atoms with Gasteiger partial charge in [-0.05, 0) is 24.2 Å². The minimum atomic E-state index is 0.211. The molecule has 1 unspecified atom stereocenters. The van der Waals surface area contributed by atoms with Crippen LogP contribution < -0.4 is 0 Å². The molecule has 0 rings (SSSR count). The van der Waals surface area contributed by atoms with E-state index in [1.807, 2.05) is 0 Å². The molecule has 0 bridgehead atoms. The fraction of sp³-hybridized carbons (Fsp3) is 1.00. The zero-order valence-corrected chi connectivity index (χ0v) is 8.76. The van der Waals surface area contributed by atoms with Gasteiger partial charge in [0.1, 0.15) is 0 Å². The summed E-state index contributed by atoms with van der Waals surface area (Å²) in [6, 6.07) is 0. The van der Waals surface area contributed by atoms with Crippen LogP contribution in [-0.4, -0.2) is 25.4 Å². The van der Waals surface area contributed by atoms with Crippen LogP contribution in [0.15, 0.2) is 0 Å². The summed E-state index contributed by atoms with van der Waals surface area (Å²) < 4.78 is 4.97. The van der Waals surface area contributed by atoms with E-state index in [1.54, 1.807) is 7.11 Å². The van der Waals surface area contributed by atoms with Crippen molar-refractivity contribution in [2.24, 2.45) is 11.3 Å². The Labute approximate surface area is 75.9 Å². The van der Waals surface area contributed by atoms with Crippen molar-refractivity contribution in [1.29, 1.82) is 0 Å². The third-order valence-corrected chi connectivity index (χ3v) is 2.35. The largest absolute Gasteiger partial charge is 0.396 e. The maximum atomic E-state index is 9.12. The Hall–Kier alpha value is -0.0800. The van der Waals surface area contributed by atoms with Gasteiger partial charge >= 0.3 is 0 Å². The second-order valence-electron chi connectivity index (χ2n) is 4.38. The maximum Gasteiger partial charge on any atom is 0.0464 e. The molecule has 0 aromatic heterocycles. The molecule has 0 aliphatic heterocycles. The summed E-state index contributed by atoms with van der Waals surface area (Å²) in [6.07, 6.45) is 2.09. The van der Waals surface area contributed by atoms with E-state index in [2.05, 4.69) is 20.8 Å². The zero-order chi connectivity index (χ0) is 9.61. The van der Waals surface area contributed by atoms with Gasteiger partial charge in [-0.15, -0.1) is 0 Å². The first kappa shape index (κ1) is 11.9. The van der Waals surface area contributed by atoms with Gasteiger partial charge in [-0.2, -0.15) is 0 Å². The number of aliphatic hydroxyl groups is 1. The van der Waals surface area contributed by atoms with Crippen molar-refractivity contribution in [3.05, 3.63) is 0 Å². The van der Waals surface area contributed by atoms with E-state index in [4.69, 9.17) is 9.84 Å². The SMILES string of the molecule is COCCCC(CO)C(C)(C)C. The van der Waals surface area contributed by atoms with E-state index in [9.17, 15) is 0 Å². The molecule has 74 valence electrons. The van der Waals surface area contributed by atoms with Gasteiger partial charge in [-0.1, -0.05) is 20.8 Å². The molecule has 0 saturated heterocycles. The first-order valence-electron chi connectivity index (χ1n) is 4.62. The van der Waals surface area contributed by atoms with Gasteiger partial charge in [-0.3, -0.25) is 0 Å². The monoisotopic (exact) mass is 174 g/mol. The number of hydrogen-bond acceptors (Lipinski definition) is 2. The van der Waals surface area contributed by atoms with E-state index in [1.165, 1.54) is 0 Å². The molecule has 0 aromatic rings. The highest BCUT2D eigenvalue weighted by molar-refractivity contribution is 4.72. The summed E-state index contributed by atoms with van der Waals surface area (Å²) in [5, 5.41) is 9.12. The fourth-order valence-corrected chi connectivity index (χ4v) is 1.27. The molecular weight excluding hydrogens is 152 g/mol. The van der Waals surface area contributed by atoms with Crippen LogP contribution >= 0.6 is 0 Å². The molecule has 1 atom stereocenters. The Morgan fingerprint density at radius 3 is 2.25 bits per heavy atom. The third-order valence-electron chi connectivity index (χ3n) is 2.35. The van der Waals surface area contributed by atoms with Gasteiger partial charge in [0.2, 0.25) is 0 Å². The molecule has 0 aliphatic rings. The van der Waals surface area contributed by atoms with Gasteiger partial charge in [0, 0.05) is 20.3 Å². The lowest BCUT2D eigenvalue weighted by Crippen LogP contribution is -2.24. The van der Waals surface area contributed by atoms with Crippen molar-refractivity contribution in [3.8, 4) is 0 Å². The lowest BCUT2D eigenvalue weighted by atomic mass is 9.79. The van der Waals surface area contributed by atoms with Crippen LogP contribution in [0.25, 0.3) is 0 Å². The van der Waals surface area contributed by atoms with Crippen LogP contribution in [-0.2, 0) is 4.74 Å². The minimum Gasteiger partial charge on any atom is -0.396 e. The lowest BCUT2D eigenvalue weighted by molar-refractivity contribution is 0.108. The van der Waals surface area contributed by atoms with Gasteiger partial charge in [0.25, 0.3) is 0 Å². The Balaban J connectivity index is 3.68. The van der Waals surface area contributed by atoms with E-state index < -0.39 is 0 Å². The van der Waals surface area contributed by atoms with E-state index >= 15 is 0 Å². The molecule has 2 nitrogen and oxygen atoms in total. The van der Waals surface area contributed by atoms with Crippen molar-refractivity contribution < 1.29 is 9.84 Å². The average Bonchev–Trinajstić information content (AvgIpc) is 1.95. The summed E-state index contributed by atoms with van der Waals surface area (Å²) in [7, 11) is 1.71. The second kappa shape index (κ2) is 5.55. The second-order valence-corrected chi connectivity index (χ2v) is 4.38. The van der Waals surface area contributed by atoms with Crippen LogP contribution in [0.5, 0.6) is 0 Å². The van der Waals surface area contributed by atoms with Gasteiger partial charge in [-0.25, -0.2) is 0 Å². The molecule has 0 heterocycles. The predicted octanol–water partition coefficient (Wildman–Crippen LogP) is 2.07. The molecule has 0 saturated carbocycles. The third kappa shape index (κ3) is 4.73. The Morgan fingerprint density at radius 1 is 1.33 bits per heavy atom. The number of aliphatic hydroxyl groups excluding tert-OH is 1. The van der Waals surface area contributed by atoms with E-state index in [-0.39, 0.29) is 12.0 Å².